The van der Waals surface area contributed by atoms with Crippen molar-refractivity contribution in [1.82, 2.24) is 10.2 Å². The van der Waals surface area contributed by atoms with Crippen molar-refractivity contribution in [3.05, 3.63) is 0 Å². The Labute approximate surface area is 98.0 Å². The molecule has 0 aromatic rings. The number of nitrogens with zero attached hydrogens (tertiary/aromatic N) is 1. The fourth-order valence-corrected chi connectivity index (χ4v) is 2.26. The minimum Gasteiger partial charge on any atom is -0.396 e. The predicted octanol–water partition coefficient (Wildman–Crippen LogP) is 0.607. The number of piperidine rings is 1. The van der Waals surface area contributed by atoms with Gasteiger partial charge in [-0.05, 0) is 44.7 Å². The van der Waals surface area contributed by atoms with Crippen molar-refractivity contribution in [1.29, 1.82) is 0 Å². The number of hydrogen-bond donors (Lipinski definition) is 2. The van der Waals surface area contributed by atoms with Crippen molar-refractivity contribution in [3.63, 3.8) is 0 Å². The van der Waals surface area contributed by atoms with E-state index in [1.54, 1.807) is 6.92 Å². The summed E-state index contributed by atoms with van der Waals surface area (Å²) in [4.78, 5) is 13.3. The molecular weight excluding hydrogens is 204 g/mol. The average Bonchev–Trinajstić information content (AvgIpc) is 2.27. The van der Waals surface area contributed by atoms with Crippen molar-refractivity contribution in [2.75, 3.05) is 32.8 Å². The zero-order valence-corrected chi connectivity index (χ0v) is 10.2. The summed E-state index contributed by atoms with van der Waals surface area (Å²) in [5, 5.41) is 11.6. The number of hydrogen-bond acceptors (Lipinski definition) is 3. The van der Waals surface area contributed by atoms with E-state index in [4.69, 9.17) is 5.11 Å². The van der Waals surface area contributed by atoms with Crippen LogP contribution < -0.4 is 5.32 Å². The monoisotopic (exact) mass is 228 g/mol. The lowest BCUT2D eigenvalue weighted by atomic mass is 9.98. The number of amides is 1. The minimum absolute atomic E-state index is 0.0670. The number of carbonyl (C=O) groups is 1. The molecule has 1 rings (SSSR count). The Bertz CT molecular complexity index is 209. The molecular formula is C12H24N2O2. The van der Waals surface area contributed by atoms with Gasteiger partial charge in [0.15, 0.2) is 0 Å². The van der Waals surface area contributed by atoms with Gasteiger partial charge in [-0.2, -0.15) is 0 Å². The Hall–Kier alpha value is -0.610. The summed E-state index contributed by atoms with van der Waals surface area (Å²) >= 11 is 0. The van der Waals surface area contributed by atoms with Crippen LogP contribution in [-0.2, 0) is 4.79 Å². The second kappa shape index (κ2) is 7.63. The van der Waals surface area contributed by atoms with Crippen molar-refractivity contribution < 1.29 is 9.90 Å². The van der Waals surface area contributed by atoms with E-state index >= 15 is 0 Å². The van der Waals surface area contributed by atoms with Crippen LogP contribution in [0.1, 0.15) is 32.6 Å². The van der Waals surface area contributed by atoms with Crippen LogP contribution in [0.5, 0.6) is 0 Å². The Kier molecular flexibility index (Phi) is 6.42. The third kappa shape index (κ3) is 5.47. The van der Waals surface area contributed by atoms with E-state index < -0.39 is 0 Å². The van der Waals surface area contributed by atoms with Crippen molar-refractivity contribution in [2.45, 2.75) is 32.6 Å². The topological polar surface area (TPSA) is 52.6 Å². The summed E-state index contributed by atoms with van der Waals surface area (Å²) in [5.74, 6) is 0.671. The van der Waals surface area contributed by atoms with Crippen LogP contribution >= 0.6 is 0 Å². The Morgan fingerprint density at radius 1 is 1.50 bits per heavy atom. The first kappa shape index (κ1) is 13.5. The highest BCUT2D eigenvalue weighted by Crippen LogP contribution is 2.16. The van der Waals surface area contributed by atoms with E-state index in [0.717, 1.165) is 32.5 Å². The summed E-state index contributed by atoms with van der Waals surface area (Å²) < 4.78 is 0. The molecule has 1 fully saturated rings. The van der Waals surface area contributed by atoms with Gasteiger partial charge in [-0.25, -0.2) is 0 Å². The number of rotatable bonds is 6. The van der Waals surface area contributed by atoms with Crippen molar-refractivity contribution >= 4 is 5.91 Å². The maximum absolute atomic E-state index is 10.8. The summed E-state index contributed by atoms with van der Waals surface area (Å²) in [5.41, 5.74) is 0. The second-order valence-corrected chi connectivity index (χ2v) is 4.68. The first-order valence-corrected chi connectivity index (χ1v) is 6.30. The first-order chi connectivity index (χ1) is 7.72. The molecule has 1 atom stereocenters. The highest BCUT2D eigenvalue weighted by Gasteiger charge is 2.19. The molecule has 0 aromatic carbocycles. The smallest absolute Gasteiger partial charge is 0.216 e. The summed E-state index contributed by atoms with van der Waals surface area (Å²) in [6.07, 6.45) is 4.41. The van der Waals surface area contributed by atoms with Gasteiger partial charge in [0.2, 0.25) is 5.91 Å². The number of aliphatic hydroxyl groups is 1. The average molecular weight is 228 g/mol. The van der Waals surface area contributed by atoms with Gasteiger partial charge in [-0.3, -0.25) is 4.79 Å². The molecule has 0 bridgehead atoms. The van der Waals surface area contributed by atoms with Gasteiger partial charge in [0, 0.05) is 26.6 Å². The molecule has 0 radical (unpaired) electrons. The second-order valence-electron chi connectivity index (χ2n) is 4.68. The maximum atomic E-state index is 10.8. The van der Waals surface area contributed by atoms with E-state index in [2.05, 4.69) is 10.2 Å². The summed E-state index contributed by atoms with van der Waals surface area (Å²) in [6, 6.07) is 0. The third-order valence-electron chi connectivity index (χ3n) is 3.13. The van der Waals surface area contributed by atoms with Gasteiger partial charge >= 0.3 is 0 Å². The lowest BCUT2D eigenvalue weighted by Gasteiger charge is -2.32. The van der Waals surface area contributed by atoms with E-state index in [1.165, 1.54) is 19.4 Å². The van der Waals surface area contributed by atoms with Gasteiger partial charge in [0.1, 0.15) is 0 Å². The van der Waals surface area contributed by atoms with E-state index in [1.807, 2.05) is 0 Å². The van der Waals surface area contributed by atoms with Gasteiger partial charge < -0.3 is 15.3 Å². The molecule has 4 heteroatoms. The number of unbranched alkanes of at least 4 members (excludes halogenated alkanes) is 1. The normalized spacial score (nSPS) is 22.0. The van der Waals surface area contributed by atoms with Crippen molar-refractivity contribution in [2.24, 2.45) is 5.92 Å². The van der Waals surface area contributed by atoms with E-state index in [9.17, 15) is 4.79 Å². The molecule has 0 spiro atoms. The van der Waals surface area contributed by atoms with Crippen molar-refractivity contribution in [3.8, 4) is 0 Å². The zero-order valence-electron chi connectivity index (χ0n) is 10.2. The molecule has 0 aliphatic carbocycles. The Morgan fingerprint density at radius 3 is 3.00 bits per heavy atom. The van der Waals surface area contributed by atoms with E-state index in [0.29, 0.717) is 12.5 Å². The Morgan fingerprint density at radius 2 is 2.31 bits per heavy atom. The fourth-order valence-electron chi connectivity index (χ4n) is 2.26. The summed E-state index contributed by atoms with van der Waals surface area (Å²) in [7, 11) is 0. The molecule has 4 nitrogen and oxygen atoms in total. The number of nitrogens with one attached hydrogen (secondary N) is 1. The quantitative estimate of drug-likeness (QED) is 0.655. The van der Waals surface area contributed by atoms with Crippen LogP contribution in [0.15, 0.2) is 0 Å². The van der Waals surface area contributed by atoms with Crippen LogP contribution in [0, 0.1) is 5.92 Å². The van der Waals surface area contributed by atoms with Crippen LogP contribution in [0.25, 0.3) is 0 Å². The number of likely N-dealkylation sites (tertiary alicyclic amines) is 1. The molecule has 0 aromatic heterocycles. The van der Waals surface area contributed by atoms with Crippen LogP contribution in [0.3, 0.4) is 0 Å². The van der Waals surface area contributed by atoms with Crippen LogP contribution in [-0.4, -0.2) is 48.7 Å². The third-order valence-corrected chi connectivity index (χ3v) is 3.13. The molecule has 1 amide bonds. The molecule has 1 heterocycles. The molecule has 1 aliphatic rings. The molecule has 94 valence electrons. The van der Waals surface area contributed by atoms with E-state index in [-0.39, 0.29) is 5.91 Å². The molecule has 1 aliphatic heterocycles. The highest BCUT2D eigenvalue weighted by atomic mass is 16.2. The standard InChI is InChI=1S/C12H24N2O2/c1-11(16)13-9-12-5-4-7-14(10-12)6-2-3-8-15/h12,15H,2-10H2,1H3,(H,13,16). The van der Waals surface area contributed by atoms with Gasteiger partial charge in [0.25, 0.3) is 0 Å². The Balaban J connectivity index is 2.16. The minimum atomic E-state index is 0.0670. The van der Waals surface area contributed by atoms with Crippen LogP contribution in [0.4, 0.5) is 0 Å². The predicted molar refractivity (Wildman–Crippen MR) is 64.2 cm³/mol. The maximum Gasteiger partial charge on any atom is 0.216 e. The van der Waals surface area contributed by atoms with Gasteiger partial charge in [-0.15, -0.1) is 0 Å². The molecule has 16 heavy (non-hydrogen) atoms. The van der Waals surface area contributed by atoms with Gasteiger partial charge in [0.05, 0.1) is 0 Å². The zero-order chi connectivity index (χ0) is 11.8. The van der Waals surface area contributed by atoms with Gasteiger partial charge in [-0.1, -0.05) is 0 Å². The molecule has 0 saturated carbocycles. The lowest BCUT2D eigenvalue weighted by molar-refractivity contribution is -0.119. The molecule has 1 unspecified atom stereocenters. The largest absolute Gasteiger partial charge is 0.396 e. The number of carbonyl (C=O) groups excluding carboxylic acids is 1. The first-order valence-electron chi connectivity index (χ1n) is 6.30. The fraction of sp³-hybridized carbons (Fsp3) is 0.917. The SMILES string of the molecule is CC(=O)NCC1CCCN(CCCCO)C1. The van der Waals surface area contributed by atoms with Crippen LogP contribution in [0.2, 0.25) is 0 Å². The molecule has 1 saturated heterocycles. The lowest BCUT2D eigenvalue weighted by Crippen LogP contribution is -2.40. The highest BCUT2D eigenvalue weighted by molar-refractivity contribution is 5.72. The molecule has 2 N–H and O–H groups in total. The number of aliphatic hydroxyl groups excluding tert-OH is 1. The summed E-state index contributed by atoms with van der Waals surface area (Å²) in [6.45, 7) is 6.02.